The van der Waals surface area contributed by atoms with Crippen LogP contribution in [0.4, 0.5) is 5.69 Å². The molecule has 2 atom stereocenters. The van der Waals surface area contributed by atoms with E-state index in [1.54, 1.807) is 61.5 Å². The van der Waals surface area contributed by atoms with E-state index in [1.807, 2.05) is 20.8 Å². The molecule has 0 spiro atoms. The first-order chi connectivity index (χ1) is 20.4. The number of carbonyl (C=O) groups is 2. The van der Waals surface area contributed by atoms with E-state index in [0.29, 0.717) is 45.3 Å². The number of rotatable bonds is 14. The molecule has 0 saturated heterocycles. The number of benzene rings is 3. The van der Waals surface area contributed by atoms with Crippen molar-refractivity contribution in [2.45, 2.75) is 64.1 Å². The number of hydrogen-bond acceptors (Lipinski definition) is 5. The number of sulfonamides is 1. The largest absolute Gasteiger partial charge is 0.494 e. The summed E-state index contributed by atoms with van der Waals surface area (Å²) in [5.41, 5.74) is 0.909. The fourth-order valence-electron chi connectivity index (χ4n) is 4.33. The van der Waals surface area contributed by atoms with Gasteiger partial charge in [-0.05, 0) is 92.9 Å². The Kier molecular flexibility index (Phi) is 12.7. The third kappa shape index (κ3) is 9.11. The fourth-order valence-corrected chi connectivity index (χ4v) is 6.33. The number of anilines is 1. The average Bonchev–Trinajstić information content (AvgIpc) is 2.98. The van der Waals surface area contributed by atoms with Crippen molar-refractivity contribution in [1.29, 1.82) is 0 Å². The third-order valence-electron chi connectivity index (χ3n) is 6.84. The third-order valence-corrected chi connectivity index (χ3v) is 9.90. The topological polar surface area (TPSA) is 96.0 Å². The van der Waals surface area contributed by atoms with Gasteiger partial charge < -0.3 is 15.0 Å². The van der Waals surface area contributed by atoms with Crippen LogP contribution in [0.3, 0.4) is 0 Å². The lowest BCUT2D eigenvalue weighted by atomic mass is 10.1. The Morgan fingerprint density at radius 3 is 2.14 bits per heavy atom. The summed E-state index contributed by atoms with van der Waals surface area (Å²) < 4.78 is 35.3. The zero-order chi connectivity index (χ0) is 31.7. The Balaban J connectivity index is 2.08. The maximum atomic E-state index is 14.2. The molecule has 8 nitrogen and oxygen atoms in total. The first kappa shape index (κ1) is 34.7. The van der Waals surface area contributed by atoms with Gasteiger partial charge in [0.15, 0.2) is 0 Å². The van der Waals surface area contributed by atoms with Crippen LogP contribution in [0.2, 0.25) is 10.0 Å². The van der Waals surface area contributed by atoms with Crippen LogP contribution in [0, 0.1) is 0 Å². The minimum Gasteiger partial charge on any atom is -0.494 e. The van der Waals surface area contributed by atoms with Crippen LogP contribution in [0.15, 0.2) is 76.1 Å². The molecule has 3 rings (SSSR count). The highest BCUT2D eigenvalue weighted by Crippen LogP contribution is 2.28. The van der Waals surface area contributed by atoms with E-state index < -0.39 is 28.5 Å². The van der Waals surface area contributed by atoms with Crippen molar-refractivity contribution in [2.24, 2.45) is 0 Å². The number of ether oxygens (including phenoxy) is 1. The molecule has 0 aliphatic heterocycles. The Hall–Kier alpha value is -2.79. The van der Waals surface area contributed by atoms with Crippen molar-refractivity contribution in [3.05, 3.63) is 86.8 Å². The predicted octanol–water partition coefficient (Wildman–Crippen LogP) is 7.07. The molecular formula is C31H36BrCl2N3O5S. The molecule has 43 heavy (non-hydrogen) atoms. The Labute approximate surface area is 272 Å². The minimum atomic E-state index is -4.20. The van der Waals surface area contributed by atoms with E-state index in [2.05, 4.69) is 21.2 Å². The van der Waals surface area contributed by atoms with Gasteiger partial charge in [0, 0.05) is 17.1 Å². The van der Waals surface area contributed by atoms with E-state index >= 15 is 0 Å². The van der Waals surface area contributed by atoms with Crippen molar-refractivity contribution in [1.82, 2.24) is 10.2 Å². The Bertz CT molecular complexity index is 1500. The highest BCUT2D eigenvalue weighted by atomic mass is 79.9. The van der Waals surface area contributed by atoms with Crippen molar-refractivity contribution in [3.8, 4) is 5.75 Å². The van der Waals surface area contributed by atoms with Crippen LogP contribution >= 0.6 is 39.1 Å². The van der Waals surface area contributed by atoms with Crippen molar-refractivity contribution < 1.29 is 22.7 Å². The summed E-state index contributed by atoms with van der Waals surface area (Å²) in [5, 5.41) is 3.61. The Morgan fingerprint density at radius 2 is 1.58 bits per heavy atom. The summed E-state index contributed by atoms with van der Waals surface area (Å²) in [4.78, 5) is 29.0. The number of carbonyl (C=O) groups excluding carboxylic acids is 2. The van der Waals surface area contributed by atoms with Gasteiger partial charge in [-0.2, -0.15) is 0 Å². The van der Waals surface area contributed by atoms with Gasteiger partial charge in [-0.1, -0.05) is 59.0 Å². The number of amides is 2. The molecule has 0 fully saturated rings. The van der Waals surface area contributed by atoms with Crippen LogP contribution in [-0.2, 0) is 26.2 Å². The van der Waals surface area contributed by atoms with E-state index in [9.17, 15) is 18.0 Å². The molecule has 0 aliphatic rings. The van der Waals surface area contributed by atoms with Gasteiger partial charge in [0.2, 0.25) is 11.8 Å². The maximum Gasteiger partial charge on any atom is 0.264 e. The van der Waals surface area contributed by atoms with E-state index in [1.165, 1.54) is 17.0 Å². The second-order valence-electron chi connectivity index (χ2n) is 9.90. The summed E-state index contributed by atoms with van der Waals surface area (Å²) >= 11 is 15.7. The summed E-state index contributed by atoms with van der Waals surface area (Å²) in [6.07, 6.45) is 1.01. The van der Waals surface area contributed by atoms with Crippen LogP contribution in [0.5, 0.6) is 5.75 Å². The quantitative estimate of drug-likeness (QED) is 0.193. The zero-order valence-electron chi connectivity index (χ0n) is 24.5. The van der Waals surface area contributed by atoms with Crippen molar-refractivity contribution in [2.75, 3.05) is 17.5 Å². The fraction of sp³-hybridized carbons (Fsp3) is 0.355. The normalized spacial score (nSPS) is 12.7. The standard InChI is InChI=1S/C31H36BrCl2N3O5S/c1-5-21(4)35-31(39)29(6-2)36(19-22-8-17-27(33)28(34)18-22)30(38)20-37(24-11-13-25(14-12-24)42-7-3)43(40,41)26-15-9-23(32)10-16-26/h8-18,21,29H,5-7,19-20H2,1-4H3,(H,35,39)/t21-,29+/m1/s1. The minimum absolute atomic E-state index is 0.00923. The molecule has 1 N–H and O–H groups in total. The molecule has 232 valence electrons. The van der Waals surface area contributed by atoms with E-state index in [-0.39, 0.29) is 29.1 Å². The second kappa shape index (κ2) is 15.8. The highest BCUT2D eigenvalue weighted by Gasteiger charge is 2.34. The first-order valence-corrected chi connectivity index (χ1v) is 16.9. The lowest BCUT2D eigenvalue weighted by Gasteiger charge is -2.33. The van der Waals surface area contributed by atoms with Gasteiger partial charge in [0.05, 0.1) is 27.2 Å². The van der Waals surface area contributed by atoms with Crippen LogP contribution in [0.25, 0.3) is 0 Å². The van der Waals surface area contributed by atoms with Gasteiger partial charge in [-0.3, -0.25) is 13.9 Å². The number of nitrogens with zero attached hydrogens (tertiary/aromatic N) is 2. The van der Waals surface area contributed by atoms with Crippen LogP contribution < -0.4 is 14.4 Å². The molecule has 12 heteroatoms. The lowest BCUT2D eigenvalue weighted by molar-refractivity contribution is -0.140. The Morgan fingerprint density at radius 1 is 0.930 bits per heavy atom. The highest BCUT2D eigenvalue weighted by molar-refractivity contribution is 9.10. The summed E-state index contributed by atoms with van der Waals surface area (Å²) in [7, 11) is -4.20. The molecule has 3 aromatic rings. The SMILES string of the molecule is CCOc1ccc(N(CC(=O)N(Cc2ccc(Cl)c(Cl)c2)[C@@H](CC)C(=O)N[C@H](C)CC)S(=O)(=O)c2ccc(Br)cc2)cc1. The molecule has 0 aliphatic carbocycles. The van der Waals surface area contributed by atoms with Gasteiger partial charge in [-0.25, -0.2) is 8.42 Å². The molecule has 2 amide bonds. The molecule has 0 saturated carbocycles. The van der Waals surface area contributed by atoms with Gasteiger partial charge >= 0.3 is 0 Å². The molecule has 0 radical (unpaired) electrons. The van der Waals surface area contributed by atoms with Crippen molar-refractivity contribution >= 4 is 66.7 Å². The molecule has 0 heterocycles. The molecular weight excluding hydrogens is 677 g/mol. The number of nitrogens with one attached hydrogen (secondary N) is 1. The van der Waals surface area contributed by atoms with Gasteiger partial charge in [-0.15, -0.1) is 0 Å². The lowest BCUT2D eigenvalue weighted by Crippen LogP contribution is -2.53. The average molecular weight is 714 g/mol. The van der Waals surface area contributed by atoms with Gasteiger partial charge in [0.1, 0.15) is 18.3 Å². The smallest absolute Gasteiger partial charge is 0.264 e. The second-order valence-corrected chi connectivity index (χ2v) is 13.5. The summed E-state index contributed by atoms with van der Waals surface area (Å²) in [6.45, 7) is 7.39. The monoisotopic (exact) mass is 711 g/mol. The van der Waals surface area contributed by atoms with Crippen LogP contribution in [-0.4, -0.2) is 50.4 Å². The predicted molar refractivity (Wildman–Crippen MR) is 175 cm³/mol. The molecule has 0 aromatic heterocycles. The van der Waals surface area contributed by atoms with Crippen LogP contribution in [0.1, 0.15) is 46.1 Å². The number of halogens is 3. The van der Waals surface area contributed by atoms with E-state index in [0.717, 1.165) is 4.31 Å². The molecule has 0 bridgehead atoms. The summed E-state index contributed by atoms with van der Waals surface area (Å²) in [5.74, 6) is -0.326. The first-order valence-electron chi connectivity index (χ1n) is 14.0. The molecule has 0 unspecified atom stereocenters. The number of hydrogen-bond donors (Lipinski definition) is 1. The van der Waals surface area contributed by atoms with E-state index in [4.69, 9.17) is 27.9 Å². The van der Waals surface area contributed by atoms with Crippen molar-refractivity contribution in [3.63, 3.8) is 0 Å². The maximum absolute atomic E-state index is 14.2. The van der Waals surface area contributed by atoms with Gasteiger partial charge in [0.25, 0.3) is 10.0 Å². The summed E-state index contributed by atoms with van der Waals surface area (Å²) in [6, 6.07) is 16.6. The molecule has 3 aromatic carbocycles. The zero-order valence-corrected chi connectivity index (χ0v) is 28.4.